The maximum atomic E-state index is 9.77. The second-order valence-electron chi connectivity index (χ2n) is 2.79. The molecule has 0 aromatic heterocycles. The van der Waals surface area contributed by atoms with E-state index in [1.54, 1.807) is 0 Å². The molecule has 4 N–H and O–H groups in total. The van der Waals surface area contributed by atoms with Crippen LogP contribution in [0.4, 0.5) is 0 Å². The summed E-state index contributed by atoms with van der Waals surface area (Å²) in [6.45, 7) is 0. The van der Waals surface area contributed by atoms with Gasteiger partial charge in [0.15, 0.2) is 12.2 Å². The van der Waals surface area contributed by atoms with E-state index >= 15 is 0 Å². The summed E-state index contributed by atoms with van der Waals surface area (Å²) < 4.78 is 102. The van der Waals surface area contributed by atoms with E-state index in [2.05, 4.69) is 0 Å². The molecule has 0 aliphatic carbocycles. The molecule has 0 aliphatic rings. The van der Waals surface area contributed by atoms with Gasteiger partial charge in [0.1, 0.15) is 0 Å². The molecule has 0 saturated carbocycles. The molecule has 154 valence electrons. The van der Waals surface area contributed by atoms with Crippen LogP contribution in [0, 0.1) is 0 Å². The second-order valence-corrected chi connectivity index (χ2v) is 5.24. The van der Waals surface area contributed by atoms with Gasteiger partial charge in [0.25, 0.3) is 0 Å². The Morgan fingerprint density at radius 1 is 0.556 bits per heavy atom. The van der Waals surface area contributed by atoms with Crippen molar-refractivity contribution in [2.45, 2.75) is 12.2 Å². The molecule has 0 amide bonds. The van der Waals surface area contributed by atoms with Crippen LogP contribution in [-0.4, -0.2) is 132 Å². The zero-order valence-corrected chi connectivity index (χ0v) is 16.8. The molecule has 0 saturated heterocycles. The van der Waals surface area contributed by atoms with Crippen molar-refractivity contribution in [3.05, 3.63) is 0 Å². The number of aliphatic hydroxyl groups excluding tert-OH is 2. The Morgan fingerprint density at radius 3 is 0.667 bits per heavy atom. The maximum absolute atomic E-state index is 9.77. The first kappa shape index (κ1) is 41.0. The molecule has 0 aromatic rings. The van der Waals surface area contributed by atoms with Crippen LogP contribution in [0.25, 0.3) is 0 Å². The summed E-state index contributed by atoms with van der Waals surface area (Å²) in [5.41, 5.74) is 0. The van der Waals surface area contributed by atoms with E-state index in [1.165, 1.54) is 0 Å². The summed E-state index contributed by atoms with van der Waals surface area (Å²) in [6, 6.07) is 0. The van der Waals surface area contributed by atoms with Crippen molar-refractivity contribution in [1.82, 2.24) is 0 Å². The van der Waals surface area contributed by atoms with Crippen molar-refractivity contribution in [2.24, 2.45) is 0 Å². The molecule has 23 heteroatoms. The third-order valence-corrected chi connectivity index (χ3v) is 0.805. The van der Waals surface area contributed by atoms with Crippen molar-refractivity contribution in [3.8, 4) is 0 Å². The molecule has 18 nitrogen and oxygen atoms in total. The Kier molecular flexibility index (Phi) is 26.8. The Morgan fingerprint density at radius 2 is 0.630 bits per heavy atom. The summed E-state index contributed by atoms with van der Waals surface area (Å²) in [4.78, 5) is 19.5. The number of aliphatic hydroxyl groups is 2. The van der Waals surface area contributed by atoms with E-state index in [0.29, 0.717) is 0 Å². The third kappa shape index (κ3) is 106. The van der Waals surface area contributed by atoms with Crippen molar-refractivity contribution in [2.75, 3.05) is 0 Å². The Bertz CT molecular complexity index is 592. The van der Waals surface area contributed by atoms with Crippen molar-refractivity contribution in [1.29, 1.82) is 0 Å². The van der Waals surface area contributed by atoms with Crippen LogP contribution in [0.15, 0.2) is 0 Å². The van der Waals surface area contributed by atoms with Gasteiger partial charge in [-0.25, -0.2) is 9.59 Å². The average Bonchev–Trinajstić information content (AvgIpc) is 2.19. The molecular weight excluding hydrogens is 486 g/mol. The summed E-state index contributed by atoms with van der Waals surface area (Å²) in [7, 11) is -15.5. The summed E-state index contributed by atoms with van der Waals surface area (Å²) in [5, 5.41) is 32.5. The third-order valence-electron chi connectivity index (χ3n) is 0.805. The molecule has 0 aliphatic heterocycles. The number of aliphatic carboxylic acids is 2. The number of hydrogen-bond acceptors (Lipinski definition) is 16. The maximum Gasteiger partial charge on any atom is 3.00 e. The van der Waals surface area contributed by atoms with Crippen LogP contribution in [0.5, 0.6) is 0 Å². The van der Waals surface area contributed by atoms with Gasteiger partial charge in [0.05, 0.1) is 0 Å². The second kappa shape index (κ2) is 17.6. The quantitative estimate of drug-likeness (QED) is 0.161. The van der Waals surface area contributed by atoms with Crippen molar-refractivity contribution < 1.29 is 82.6 Å². The molecule has 0 fully saturated rings. The van der Waals surface area contributed by atoms with Gasteiger partial charge in [0, 0.05) is 31.2 Å². The fourth-order valence-corrected chi connectivity index (χ4v) is 0.270. The zero-order chi connectivity index (χ0) is 21.8. The summed E-state index contributed by atoms with van der Waals surface area (Å²) >= 11 is 0. The average molecular weight is 492 g/mol. The molecular formula is C4H6Al2O18S3. The van der Waals surface area contributed by atoms with Crippen LogP contribution in [0.1, 0.15) is 0 Å². The van der Waals surface area contributed by atoms with Gasteiger partial charge < -0.3 is 47.7 Å². The minimum Gasteiger partial charge on any atom is -0.759 e. The predicted molar refractivity (Wildman–Crippen MR) is 70.2 cm³/mol. The first-order chi connectivity index (χ1) is 10.5. The smallest absolute Gasteiger partial charge is 0.759 e. The van der Waals surface area contributed by atoms with E-state index < -0.39 is 55.3 Å². The van der Waals surface area contributed by atoms with Gasteiger partial charge in [-0.05, 0) is 0 Å². The van der Waals surface area contributed by atoms with Gasteiger partial charge >= 0.3 is 46.7 Å². The number of hydrogen-bond donors (Lipinski definition) is 4. The van der Waals surface area contributed by atoms with Gasteiger partial charge in [0.2, 0.25) is 0 Å². The number of carboxylic acids is 2. The molecule has 2 unspecified atom stereocenters. The first-order valence-electron chi connectivity index (χ1n) is 4.28. The van der Waals surface area contributed by atoms with Crippen LogP contribution in [0.3, 0.4) is 0 Å². The molecule has 0 radical (unpaired) electrons. The van der Waals surface area contributed by atoms with E-state index in [9.17, 15) is 9.59 Å². The fraction of sp³-hybridized carbons (Fsp3) is 0.500. The minimum atomic E-state index is -5.17. The normalized spacial score (nSPS) is 12.3. The standard InChI is InChI=1S/C4H6O6.2Al.3H2O4S/c5-1(3(7)8)2(6)4(9)10;;;3*1-5(2,3)4/h1-2,5-6H,(H,7,8)(H,9,10);;;3*(H2,1,2,3,4)/q;2*+3;;;/p-6. The van der Waals surface area contributed by atoms with Crippen molar-refractivity contribution in [3.63, 3.8) is 0 Å². The number of carbonyl (C=O) groups is 2. The summed E-state index contributed by atoms with van der Waals surface area (Å²) in [6.07, 6.45) is -4.53. The van der Waals surface area contributed by atoms with E-state index in [0.717, 1.165) is 0 Å². The monoisotopic (exact) mass is 492 g/mol. The molecule has 0 aromatic carbocycles. The largest absolute Gasteiger partial charge is 3.00 e. The zero-order valence-electron chi connectivity index (χ0n) is 12.0. The molecule has 0 bridgehead atoms. The van der Waals surface area contributed by atoms with Crippen LogP contribution in [0.2, 0.25) is 0 Å². The Labute approximate surface area is 172 Å². The van der Waals surface area contributed by atoms with Crippen molar-refractivity contribution >= 4 is 77.9 Å². The Balaban J connectivity index is -0.0000000564. The first-order valence-corrected chi connectivity index (χ1v) is 8.28. The molecule has 27 heavy (non-hydrogen) atoms. The van der Waals surface area contributed by atoms with Gasteiger partial charge in [-0.3, -0.25) is 25.3 Å². The predicted octanol–water partition coefficient (Wildman–Crippen LogP) is -6.90. The molecule has 0 rings (SSSR count). The van der Waals surface area contributed by atoms with Crippen LogP contribution in [-0.2, 0) is 40.8 Å². The number of rotatable bonds is 3. The summed E-state index contributed by atoms with van der Waals surface area (Å²) in [5.74, 6) is -3.54. The van der Waals surface area contributed by atoms with Crippen LogP contribution >= 0.6 is 0 Å². The fourth-order valence-electron chi connectivity index (χ4n) is 0.270. The van der Waals surface area contributed by atoms with Gasteiger partial charge in [-0.15, -0.1) is 0 Å². The van der Waals surface area contributed by atoms with Gasteiger partial charge in [-0.1, -0.05) is 0 Å². The molecule has 2 atom stereocenters. The molecule has 0 spiro atoms. The van der Waals surface area contributed by atoms with Crippen LogP contribution < -0.4 is 0 Å². The number of carboxylic acid groups (broad SMARTS) is 2. The minimum absolute atomic E-state index is 0. The van der Waals surface area contributed by atoms with E-state index in [1.807, 2.05) is 0 Å². The topological polar surface area (TPSA) is 356 Å². The SMILES string of the molecule is O=C(O)C(O)C(O)C(=O)O.O=S(=O)([O-])[O-].O=S(=O)([O-])[O-].O=S(=O)([O-])[O-].[Al+3].[Al+3]. The Hall–Kier alpha value is -0.465. The van der Waals surface area contributed by atoms with E-state index in [-0.39, 0.29) is 34.7 Å². The van der Waals surface area contributed by atoms with Gasteiger partial charge in [-0.2, -0.15) is 0 Å². The molecule has 0 heterocycles. The van der Waals surface area contributed by atoms with E-state index in [4.69, 9.17) is 73.0 Å².